The zero-order chi connectivity index (χ0) is 13.8. The van der Waals surface area contributed by atoms with Crippen LogP contribution in [0.25, 0.3) is 0 Å². The Morgan fingerprint density at radius 1 is 1.42 bits per heavy atom. The van der Waals surface area contributed by atoms with Crippen molar-refractivity contribution in [1.29, 1.82) is 0 Å². The Morgan fingerprint density at radius 3 is 2.74 bits per heavy atom. The van der Waals surface area contributed by atoms with E-state index in [0.29, 0.717) is 30.0 Å². The lowest BCUT2D eigenvalue weighted by molar-refractivity contribution is 0.0369. The van der Waals surface area contributed by atoms with Crippen LogP contribution in [0.15, 0.2) is 18.2 Å². The van der Waals surface area contributed by atoms with Crippen molar-refractivity contribution in [3.05, 3.63) is 23.8 Å². The number of Topliss-reactive ketones (excluding diaryl/α,β-unsaturated/α-hetero) is 1. The van der Waals surface area contributed by atoms with Gasteiger partial charge in [-0.2, -0.15) is 0 Å². The monoisotopic (exact) mass is 264 g/mol. The number of carbonyl (C=O) groups is 1. The molecule has 1 aliphatic heterocycles. The molecule has 1 aromatic rings. The number of likely N-dealkylation sites (tertiary alicyclic amines) is 1. The Morgan fingerprint density at radius 2 is 2.16 bits per heavy atom. The van der Waals surface area contributed by atoms with E-state index in [1.807, 2.05) is 7.05 Å². The average Bonchev–Trinajstić information content (AvgIpc) is 2.37. The molecule has 0 amide bonds. The van der Waals surface area contributed by atoms with Gasteiger partial charge in [-0.3, -0.25) is 9.69 Å². The van der Waals surface area contributed by atoms with Crippen LogP contribution in [0.2, 0.25) is 0 Å². The van der Waals surface area contributed by atoms with Gasteiger partial charge in [0, 0.05) is 25.1 Å². The third-order valence-electron chi connectivity index (χ3n) is 3.18. The first kappa shape index (κ1) is 13.8. The minimum atomic E-state index is 0.0285. The van der Waals surface area contributed by atoms with Gasteiger partial charge < -0.3 is 15.2 Å². The molecule has 0 unspecified atom stereocenters. The maximum Gasteiger partial charge on any atom is 0.164 e. The second kappa shape index (κ2) is 6.04. The molecule has 0 atom stereocenters. The smallest absolute Gasteiger partial charge is 0.164 e. The third-order valence-corrected chi connectivity index (χ3v) is 3.18. The molecule has 2 N–H and O–H groups in total. The van der Waals surface area contributed by atoms with E-state index in [1.165, 1.54) is 0 Å². The quantitative estimate of drug-likeness (QED) is 0.774. The van der Waals surface area contributed by atoms with Crippen molar-refractivity contribution in [2.75, 3.05) is 33.8 Å². The number of methoxy groups -OCH3 is 1. The second-order valence-electron chi connectivity index (χ2n) is 4.79. The van der Waals surface area contributed by atoms with Gasteiger partial charge in [-0.25, -0.2) is 0 Å². The minimum absolute atomic E-state index is 0.0285. The Kier molecular flexibility index (Phi) is 4.39. The minimum Gasteiger partial charge on any atom is -0.493 e. The SMILES string of the molecule is COc1ccc(C(=O)CCN)cc1OC1CN(C)C1. The van der Waals surface area contributed by atoms with Crippen LogP contribution < -0.4 is 15.2 Å². The van der Waals surface area contributed by atoms with Gasteiger partial charge in [-0.15, -0.1) is 0 Å². The molecule has 0 saturated carbocycles. The number of rotatable bonds is 6. The standard InChI is InChI=1S/C14H20N2O3/c1-16-8-11(9-16)19-14-7-10(12(17)5-6-15)3-4-13(14)18-2/h3-4,7,11H,5-6,8-9,15H2,1-2H3. The number of nitrogens with two attached hydrogens (primary N) is 1. The highest BCUT2D eigenvalue weighted by Crippen LogP contribution is 2.30. The lowest BCUT2D eigenvalue weighted by atomic mass is 10.1. The van der Waals surface area contributed by atoms with E-state index in [-0.39, 0.29) is 11.9 Å². The van der Waals surface area contributed by atoms with Gasteiger partial charge in [0.25, 0.3) is 0 Å². The number of ether oxygens (including phenoxy) is 2. The number of likely N-dealkylation sites (N-methyl/N-ethyl adjacent to an activating group) is 1. The lowest BCUT2D eigenvalue weighted by Crippen LogP contribution is -2.51. The molecule has 0 bridgehead atoms. The van der Waals surface area contributed by atoms with Crippen LogP contribution in [0.3, 0.4) is 0 Å². The molecule has 1 saturated heterocycles. The number of ketones is 1. The highest BCUT2D eigenvalue weighted by molar-refractivity contribution is 5.96. The summed E-state index contributed by atoms with van der Waals surface area (Å²) >= 11 is 0. The normalized spacial score (nSPS) is 15.9. The zero-order valence-electron chi connectivity index (χ0n) is 11.4. The second-order valence-corrected chi connectivity index (χ2v) is 4.79. The highest BCUT2D eigenvalue weighted by atomic mass is 16.5. The molecular formula is C14H20N2O3. The van der Waals surface area contributed by atoms with E-state index < -0.39 is 0 Å². The van der Waals surface area contributed by atoms with Crippen LogP contribution >= 0.6 is 0 Å². The van der Waals surface area contributed by atoms with E-state index in [9.17, 15) is 4.79 Å². The number of nitrogens with zero attached hydrogens (tertiary/aromatic N) is 1. The van der Waals surface area contributed by atoms with Crippen molar-refractivity contribution >= 4 is 5.78 Å². The molecule has 0 radical (unpaired) electrons. The van der Waals surface area contributed by atoms with Gasteiger partial charge in [-0.1, -0.05) is 0 Å². The van der Waals surface area contributed by atoms with Crippen molar-refractivity contribution < 1.29 is 14.3 Å². The Hall–Kier alpha value is -1.59. The highest BCUT2D eigenvalue weighted by Gasteiger charge is 2.26. The van der Waals surface area contributed by atoms with Gasteiger partial charge in [0.15, 0.2) is 17.3 Å². The summed E-state index contributed by atoms with van der Waals surface area (Å²) in [5, 5.41) is 0. The third kappa shape index (κ3) is 3.24. The average molecular weight is 264 g/mol. The summed E-state index contributed by atoms with van der Waals surface area (Å²) in [7, 11) is 3.63. The van der Waals surface area contributed by atoms with Crippen LogP contribution in [0.1, 0.15) is 16.8 Å². The molecule has 1 fully saturated rings. The summed E-state index contributed by atoms with van der Waals surface area (Å²) in [6.07, 6.45) is 0.511. The molecule has 0 spiro atoms. The first-order valence-corrected chi connectivity index (χ1v) is 6.40. The fourth-order valence-electron chi connectivity index (χ4n) is 2.11. The number of hydrogen-bond acceptors (Lipinski definition) is 5. The first-order chi connectivity index (χ1) is 9.13. The molecule has 0 aliphatic carbocycles. The van der Waals surface area contributed by atoms with E-state index in [1.54, 1.807) is 25.3 Å². The summed E-state index contributed by atoms with van der Waals surface area (Å²) in [5.74, 6) is 1.31. The number of benzene rings is 1. The molecule has 1 aromatic carbocycles. The molecule has 19 heavy (non-hydrogen) atoms. The molecule has 5 nitrogen and oxygen atoms in total. The van der Waals surface area contributed by atoms with Gasteiger partial charge >= 0.3 is 0 Å². The van der Waals surface area contributed by atoms with Crippen LogP contribution in [-0.2, 0) is 0 Å². The fraction of sp³-hybridized carbons (Fsp3) is 0.500. The van der Waals surface area contributed by atoms with E-state index >= 15 is 0 Å². The zero-order valence-corrected chi connectivity index (χ0v) is 11.4. The van der Waals surface area contributed by atoms with Crippen molar-refractivity contribution in [3.8, 4) is 11.5 Å². The molecule has 1 aliphatic rings. The summed E-state index contributed by atoms with van der Waals surface area (Å²) in [5.41, 5.74) is 6.02. The van der Waals surface area contributed by atoms with Crippen LogP contribution in [0, 0.1) is 0 Å². The summed E-state index contributed by atoms with van der Waals surface area (Å²) in [6, 6.07) is 5.26. The topological polar surface area (TPSA) is 64.8 Å². The lowest BCUT2D eigenvalue weighted by Gasteiger charge is -2.36. The van der Waals surface area contributed by atoms with Crippen molar-refractivity contribution in [2.45, 2.75) is 12.5 Å². The molecule has 0 aromatic heterocycles. The van der Waals surface area contributed by atoms with Crippen molar-refractivity contribution in [2.24, 2.45) is 5.73 Å². The number of carbonyl (C=O) groups excluding carboxylic acids is 1. The van der Waals surface area contributed by atoms with E-state index in [0.717, 1.165) is 13.1 Å². The van der Waals surface area contributed by atoms with Gasteiger partial charge in [0.2, 0.25) is 0 Å². The first-order valence-electron chi connectivity index (χ1n) is 6.40. The molecule has 104 valence electrons. The fourth-order valence-corrected chi connectivity index (χ4v) is 2.11. The molecular weight excluding hydrogens is 244 g/mol. The van der Waals surface area contributed by atoms with E-state index in [2.05, 4.69) is 4.90 Å². The predicted molar refractivity (Wildman–Crippen MR) is 72.9 cm³/mol. The number of hydrogen-bond donors (Lipinski definition) is 1. The molecule has 5 heteroatoms. The summed E-state index contributed by atoms with van der Waals surface area (Å²) in [4.78, 5) is 14.0. The Balaban J connectivity index is 2.14. The van der Waals surface area contributed by atoms with Crippen molar-refractivity contribution in [1.82, 2.24) is 4.90 Å². The van der Waals surface area contributed by atoms with Crippen LogP contribution in [0.4, 0.5) is 0 Å². The Bertz CT molecular complexity index is 456. The molecule has 2 rings (SSSR count). The predicted octanol–water partition coefficient (Wildman–Crippen LogP) is 0.920. The van der Waals surface area contributed by atoms with Crippen molar-refractivity contribution in [3.63, 3.8) is 0 Å². The Labute approximate surface area is 113 Å². The van der Waals surface area contributed by atoms with E-state index in [4.69, 9.17) is 15.2 Å². The van der Waals surface area contributed by atoms with Gasteiger partial charge in [0.05, 0.1) is 7.11 Å². The van der Waals surface area contributed by atoms with Gasteiger partial charge in [-0.05, 0) is 31.8 Å². The molecule has 1 heterocycles. The maximum atomic E-state index is 11.8. The summed E-state index contributed by atoms with van der Waals surface area (Å²) in [6.45, 7) is 2.14. The maximum absolute atomic E-state index is 11.8. The largest absolute Gasteiger partial charge is 0.493 e. The van der Waals surface area contributed by atoms with Crippen LogP contribution in [-0.4, -0.2) is 50.6 Å². The van der Waals surface area contributed by atoms with Gasteiger partial charge in [0.1, 0.15) is 6.10 Å². The summed E-state index contributed by atoms with van der Waals surface area (Å²) < 4.78 is 11.1. The van der Waals surface area contributed by atoms with Crippen LogP contribution in [0.5, 0.6) is 11.5 Å².